The Morgan fingerprint density at radius 3 is 2.82 bits per heavy atom. The lowest BCUT2D eigenvalue weighted by molar-refractivity contribution is 0.424. The van der Waals surface area contributed by atoms with Gasteiger partial charge in [-0.3, -0.25) is 4.68 Å². The van der Waals surface area contributed by atoms with Crippen molar-refractivity contribution in [3.05, 3.63) is 23.9 Å². The SMILES string of the molecule is Cn1nccc1/C=C/B(O)O. The molecule has 0 aliphatic rings. The van der Waals surface area contributed by atoms with Crippen LogP contribution in [0.1, 0.15) is 5.69 Å². The van der Waals surface area contributed by atoms with Crippen molar-refractivity contribution in [1.82, 2.24) is 9.78 Å². The first-order chi connectivity index (χ1) is 5.20. The van der Waals surface area contributed by atoms with Crippen LogP contribution in [0.3, 0.4) is 0 Å². The smallest absolute Gasteiger partial charge is 0.424 e. The molecule has 0 saturated carbocycles. The number of rotatable bonds is 2. The van der Waals surface area contributed by atoms with Crippen LogP contribution in [0.5, 0.6) is 0 Å². The molecule has 1 aromatic heterocycles. The number of nitrogens with zero attached hydrogens (tertiary/aromatic N) is 2. The van der Waals surface area contributed by atoms with Crippen LogP contribution in [0.15, 0.2) is 18.2 Å². The number of aromatic nitrogens is 2. The highest BCUT2D eigenvalue weighted by molar-refractivity contribution is 6.48. The summed E-state index contributed by atoms with van der Waals surface area (Å²) in [6.07, 6.45) is 3.24. The highest BCUT2D eigenvalue weighted by atomic mass is 16.4. The number of hydrogen-bond donors (Lipinski definition) is 2. The van der Waals surface area contributed by atoms with E-state index >= 15 is 0 Å². The van der Waals surface area contributed by atoms with Gasteiger partial charge < -0.3 is 10.0 Å². The van der Waals surface area contributed by atoms with E-state index in [1.807, 2.05) is 0 Å². The monoisotopic (exact) mass is 152 g/mol. The first kappa shape index (κ1) is 8.04. The zero-order valence-corrected chi connectivity index (χ0v) is 6.18. The van der Waals surface area contributed by atoms with E-state index in [2.05, 4.69) is 5.10 Å². The van der Waals surface area contributed by atoms with E-state index in [0.717, 1.165) is 5.69 Å². The van der Waals surface area contributed by atoms with Gasteiger partial charge in [-0.25, -0.2) is 0 Å². The van der Waals surface area contributed by atoms with Gasteiger partial charge in [0.15, 0.2) is 0 Å². The average molecular weight is 152 g/mol. The molecule has 0 unspecified atom stereocenters. The molecular formula is C6H9BN2O2. The summed E-state index contributed by atoms with van der Waals surface area (Å²) in [7, 11) is 0.383. The summed E-state index contributed by atoms with van der Waals surface area (Å²) < 4.78 is 1.64. The first-order valence-corrected chi connectivity index (χ1v) is 3.22. The molecule has 0 aliphatic carbocycles. The van der Waals surface area contributed by atoms with E-state index in [9.17, 15) is 0 Å². The van der Waals surface area contributed by atoms with Crippen LogP contribution in [0, 0.1) is 0 Å². The Morgan fingerprint density at radius 1 is 1.64 bits per heavy atom. The van der Waals surface area contributed by atoms with Crippen LogP contribution in [-0.2, 0) is 7.05 Å². The van der Waals surface area contributed by atoms with Crippen LogP contribution in [0.2, 0.25) is 0 Å². The molecule has 0 bridgehead atoms. The Labute approximate surface area is 64.9 Å². The van der Waals surface area contributed by atoms with E-state index in [1.54, 1.807) is 30.1 Å². The summed E-state index contributed by atoms with van der Waals surface area (Å²) >= 11 is 0. The molecule has 5 heteroatoms. The van der Waals surface area contributed by atoms with E-state index in [4.69, 9.17) is 10.0 Å². The van der Waals surface area contributed by atoms with Gasteiger partial charge in [0, 0.05) is 13.2 Å². The molecule has 0 atom stereocenters. The fraction of sp³-hybridized carbons (Fsp3) is 0.167. The summed E-state index contributed by atoms with van der Waals surface area (Å²) in [6.45, 7) is 0. The number of aryl methyl sites for hydroxylation is 1. The van der Waals surface area contributed by atoms with Gasteiger partial charge in [0.2, 0.25) is 0 Å². The lowest BCUT2D eigenvalue weighted by Crippen LogP contribution is -2.05. The Bertz CT molecular complexity index is 257. The summed E-state index contributed by atoms with van der Waals surface area (Å²) in [5.41, 5.74) is 0.832. The minimum absolute atomic E-state index is 0.832. The second kappa shape index (κ2) is 3.36. The van der Waals surface area contributed by atoms with Crippen molar-refractivity contribution in [2.24, 2.45) is 7.05 Å². The molecule has 0 amide bonds. The fourth-order valence-electron chi connectivity index (χ4n) is 0.732. The van der Waals surface area contributed by atoms with Crippen molar-refractivity contribution in [2.75, 3.05) is 0 Å². The third kappa shape index (κ3) is 2.21. The molecule has 0 radical (unpaired) electrons. The normalized spacial score (nSPS) is 10.8. The summed E-state index contributed by atoms with van der Waals surface area (Å²) in [6, 6.07) is 1.78. The summed E-state index contributed by atoms with van der Waals surface area (Å²) in [5.74, 6) is 1.27. The maximum absolute atomic E-state index is 8.48. The van der Waals surface area contributed by atoms with Crippen molar-refractivity contribution in [1.29, 1.82) is 0 Å². The molecule has 2 N–H and O–H groups in total. The van der Waals surface area contributed by atoms with Gasteiger partial charge in [0.05, 0.1) is 5.69 Å². The molecule has 0 saturated heterocycles. The van der Waals surface area contributed by atoms with E-state index in [-0.39, 0.29) is 0 Å². The van der Waals surface area contributed by atoms with Crippen LogP contribution >= 0.6 is 0 Å². The van der Waals surface area contributed by atoms with Gasteiger partial charge in [-0.05, 0) is 12.1 Å². The Balaban J connectivity index is 2.71. The predicted molar refractivity (Wildman–Crippen MR) is 42.4 cm³/mol. The third-order valence-electron chi connectivity index (χ3n) is 1.30. The van der Waals surface area contributed by atoms with Crippen LogP contribution < -0.4 is 0 Å². The maximum atomic E-state index is 8.48. The van der Waals surface area contributed by atoms with Crippen molar-refractivity contribution in [3.8, 4) is 0 Å². The molecular weight excluding hydrogens is 143 g/mol. The predicted octanol–water partition coefficient (Wildman–Crippen LogP) is -0.555. The van der Waals surface area contributed by atoms with Crippen LogP contribution in [0.25, 0.3) is 6.08 Å². The second-order valence-corrected chi connectivity index (χ2v) is 2.15. The molecule has 58 valence electrons. The van der Waals surface area contributed by atoms with E-state index < -0.39 is 7.12 Å². The average Bonchev–Trinajstić information content (AvgIpc) is 2.31. The summed E-state index contributed by atoms with van der Waals surface area (Å²) in [5, 5.41) is 20.9. The van der Waals surface area contributed by atoms with Gasteiger partial charge >= 0.3 is 7.12 Å². The largest absolute Gasteiger partial charge is 0.480 e. The molecule has 11 heavy (non-hydrogen) atoms. The van der Waals surface area contributed by atoms with Crippen molar-refractivity contribution in [3.63, 3.8) is 0 Å². The van der Waals surface area contributed by atoms with E-state index in [0.29, 0.717) is 0 Å². The molecule has 1 rings (SSSR count). The zero-order chi connectivity index (χ0) is 8.27. The first-order valence-electron chi connectivity index (χ1n) is 3.22. The maximum Gasteiger partial charge on any atom is 0.480 e. The van der Waals surface area contributed by atoms with E-state index in [1.165, 1.54) is 5.98 Å². The summed E-state index contributed by atoms with van der Waals surface area (Å²) in [4.78, 5) is 0. The van der Waals surface area contributed by atoms with Gasteiger partial charge in [-0.15, -0.1) is 0 Å². The molecule has 1 aromatic rings. The minimum atomic E-state index is -1.40. The molecule has 0 fully saturated rings. The number of hydrogen-bond acceptors (Lipinski definition) is 3. The lowest BCUT2D eigenvalue weighted by Gasteiger charge is -1.92. The van der Waals surface area contributed by atoms with Crippen molar-refractivity contribution < 1.29 is 10.0 Å². The molecule has 0 spiro atoms. The topological polar surface area (TPSA) is 58.3 Å². The lowest BCUT2D eigenvalue weighted by atomic mass is 9.91. The molecule has 0 aromatic carbocycles. The fourth-order valence-corrected chi connectivity index (χ4v) is 0.732. The minimum Gasteiger partial charge on any atom is -0.424 e. The van der Waals surface area contributed by atoms with Gasteiger partial charge in [0.25, 0.3) is 0 Å². The van der Waals surface area contributed by atoms with Gasteiger partial charge in [-0.1, -0.05) is 5.98 Å². The van der Waals surface area contributed by atoms with Gasteiger partial charge in [0.1, 0.15) is 0 Å². The highest BCUT2D eigenvalue weighted by Gasteiger charge is 1.99. The second-order valence-electron chi connectivity index (χ2n) is 2.15. The van der Waals surface area contributed by atoms with Gasteiger partial charge in [-0.2, -0.15) is 5.10 Å². The Morgan fingerprint density at radius 2 is 2.36 bits per heavy atom. The Kier molecular flexibility index (Phi) is 2.46. The molecule has 4 nitrogen and oxygen atoms in total. The molecule has 0 aliphatic heterocycles. The quantitative estimate of drug-likeness (QED) is 0.558. The zero-order valence-electron chi connectivity index (χ0n) is 6.18. The molecule has 1 heterocycles. The van der Waals surface area contributed by atoms with Crippen molar-refractivity contribution >= 4 is 13.2 Å². The van der Waals surface area contributed by atoms with Crippen molar-refractivity contribution in [2.45, 2.75) is 0 Å². The van der Waals surface area contributed by atoms with Crippen LogP contribution in [-0.4, -0.2) is 26.9 Å². The highest BCUT2D eigenvalue weighted by Crippen LogP contribution is 1.98. The Hall–Kier alpha value is -1.07. The third-order valence-corrected chi connectivity index (χ3v) is 1.30. The van der Waals surface area contributed by atoms with Crippen LogP contribution in [0.4, 0.5) is 0 Å². The standard InChI is InChI=1S/C6H9BN2O2/c1-9-6(3-5-8-9)2-4-7(10)11/h2-5,10-11H,1H3/b4-2+.